The molecule has 0 radical (unpaired) electrons. The molecule has 5 nitrogen and oxygen atoms in total. The summed E-state index contributed by atoms with van der Waals surface area (Å²) in [7, 11) is 0. The van der Waals surface area contributed by atoms with Crippen LogP contribution in [0.15, 0.2) is 0 Å². The van der Waals surface area contributed by atoms with E-state index in [1.54, 1.807) is 0 Å². The van der Waals surface area contributed by atoms with E-state index in [0.29, 0.717) is 0 Å². The monoisotopic (exact) mass is 143 g/mol. The molecule has 6 heteroatoms. The average Bonchev–Trinajstić information content (AvgIpc) is 1.64. The largest absolute Gasteiger partial charge is 1.00 e. The summed E-state index contributed by atoms with van der Waals surface area (Å²) in [6.07, 6.45) is 0. The molecule has 0 amide bonds. The minimum Gasteiger partial charge on any atom is -1.00 e. The zero-order valence-electron chi connectivity index (χ0n) is 5.87. The Morgan fingerprint density at radius 3 is 1.56 bits per heavy atom. The number of hydrogen-bond acceptors (Lipinski definition) is 3. The van der Waals surface area contributed by atoms with E-state index in [4.69, 9.17) is 10.2 Å². The van der Waals surface area contributed by atoms with Crippen LogP contribution in [0.4, 0.5) is 0 Å². The molecule has 0 saturated carbocycles. The molecule has 4 N–H and O–H groups in total. The van der Waals surface area contributed by atoms with Gasteiger partial charge in [-0.25, -0.2) is 9.59 Å². The molecule has 48 valence electrons. The second kappa shape index (κ2) is 4.75. The maximum atomic E-state index is 9.63. The van der Waals surface area contributed by atoms with Gasteiger partial charge in [-0.05, 0) is 0 Å². The van der Waals surface area contributed by atoms with Crippen LogP contribution < -0.4 is 35.3 Å². The van der Waals surface area contributed by atoms with Crippen LogP contribution >= 0.6 is 0 Å². The Labute approximate surface area is 74.6 Å². The van der Waals surface area contributed by atoms with Gasteiger partial charge in [0.2, 0.25) is 6.04 Å². The van der Waals surface area contributed by atoms with E-state index in [2.05, 4.69) is 5.73 Å². The third-order valence-electron chi connectivity index (χ3n) is 0.532. The summed E-state index contributed by atoms with van der Waals surface area (Å²) in [5.41, 5.74) is 4.56. The molecule has 0 heterocycles. The van der Waals surface area contributed by atoms with Gasteiger partial charge in [0.1, 0.15) is 0 Å². The fraction of sp³-hybridized carbons (Fsp3) is 0.333. The molecule has 0 rings (SSSR count). The molecule has 0 aromatic heterocycles. The number of nitrogens with two attached hydrogens (primary N) is 1. The number of carboxylic acid groups (broad SMARTS) is 2. The van der Waals surface area contributed by atoms with Crippen molar-refractivity contribution >= 4 is 11.9 Å². The normalized spacial score (nSPS) is 8.22. The molecule has 0 fully saturated rings. The van der Waals surface area contributed by atoms with E-state index in [9.17, 15) is 9.59 Å². The average molecular weight is 143 g/mol. The predicted molar refractivity (Wildman–Crippen MR) is 24.4 cm³/mol. The van der Waals surface area contributed by atoms with Crippen molar-refractivity contribution < 1.29 is 50.8 Å². The number of hydrogen-bond donors (Lipinski definition) is 3. The Hall–Kier alpha value is -0.100. The quantitative estimate of drug-likeness (QED) is 0.267. The number of aliphatic carboxylic acids is 2. The number of carboxylic acids is 2. The van der Waals surface area contributed by atoms with Gasteiger partial charge in [-0.1, -0.05) is 0 Å². The predicted octanol–water partition coefficient (Wildman–Crippen LogP) is -4.40. The number of rotatable bonds is 2. The molecule has 0 atom stereocenters. The molecule has 0 unspecified atom stereocenters. The van der Waals surface area contributed by atoms with Crippen molar-refractivity contribution in [2.24, 2.45) is 5.73 Å². The van der Waals surface area contributed by atoms with Crippen molar-refractivity contribution in [3.8, 4) is 0 Å². The van der Waals surface area contributed by atoms with E-state index < -0.39 is 18.0 Å². The molecule has 0 bridgehead atoms. The third-order valence-corrected chi connectivity index (χ3v) is 0.532. The van der Waals surface area contributed by atoms with Gasteiger partial charge in [0.05, 0.1) is 0 Å². The van der Waals surface area contributed by atoms with Gasteiger partial charge < -0.3 is 17.4 Å². The van der Waals surface area contributed by atoms with Crippen molar-refractivity contribution in [1.29, 1.82) is 0 Å². The second-order valence-corrected chi connectivity index (χ2v) is 1.15. The molecule has 0 aromatic carbocycles. The summed E-state index contributed by atoms with van der Waals surface area (Å²) in [6.45, 7) is 0. The summed E-state index contributed by atoms with van der Waals surface area (Å²) < 4.78 is 0. The standard InChI is InChI=1S/C3H5NO4.Na.H/c4-1(2(5)6)3(7)8;;/h1H,4H2,(H,5,6)(H,7,8);;/q;+1;-1. The fourth-order valence-electron chi connectivity index (χ4n) is 0.106. The zero-order valence-corrected chi connectivity index (χ0v) is 6.87. The fourth-order valence-corrected chi connectivity index (χ4v) is 0.106. The summed E-state index contributed by atoms with van der Waals surface area (Å²) in [5, 5.41) is 15.7. The van der Waals surface area contributed by atoms with E-state index >= 15 is 0 Å². The van der Waals surface area contributed by atoms with Crippen molar-refractivity contribution in [3.05, 3.63) is 0 Å². The van der Waals surface area contributed by atoms with Crippen molar-refractivity contribution in [3.63, 3.8) is 0 Å². The minimum absolute atomic E-state index is 0. The minimum atomic E-state index is -1.80. The van der Waals surface area contributed by atoms with Gasteiger partial charge in [-0.3, -0.25) is 0 Å². The molecule has 0 aromatic rings. The Morgan fingerprint density at radius 1 is 1.33 bits per heavy atom. The first-order chi connectivity index (χ1) is 3.55. The van der Waals surface area contributed by atoms with Crippen LogP contribution in [0.3, 0.4) is 0 Å². The summed E-state index contributed by atoms with van der Waals surface area (Å²) in [5.74, 6) is -3.06. The molecular formula is C3H6NNaO4. The van der Waals surface area contributed by atoms with Crippen LogP contribution in [0.25, 0.3) is 0 Å². The first-order valence-electron chi connectivity index (χ1n) is 1.77. The number of carbonyl (C=O) groups is 2. The summed E-state index contributed by atoms with van der Waals surface area (Å²) >= 11 is 0. The molecule has 9 heavy (non-hydrogen) atoms. The first-order valence-corrected chi connectivity index (χ1v) is 1.77. The van der Waals surface area contributed by atoms with E-state index in [0.717, 1.165) is 0 Å². The van der Waals surface area contributed by atoms with Gasteiger partial charge in [0, 0.05) is 0 Å². The Bertz CT molecular complexity index is 116. The van der Waals surface area contributed by atoms with Crippen LogP contribution in [-0.2, 0) is 9.59 Å². The third kappa shape index (κ3) is 4.41. The van der Waals surface area contributed by atoms with Crippen LogP contribution in [0.2, 0.25) is 0 Å². The topological polar surface area (TPSA) is 101 Å². The smallest absolute Gasteiger partial charge is 1.00 e. The van der Waals surface area contributed by atoms with Crippen molar-refractivity contribution in [2.75, 3.05) is 0 Å². The molecule has 0 saturated heterocycles. The van der Waals surface area contributed by atoms with Gasteiger partial charge in [0.25, 0.3) is 0 Å². The molecule has 0 spiro atoms. The van der Waals surface area contributed by atoms with Gasteiger partial charge in [-0.15, -0.1) is 0 Å². The second-order valence-electron chi connectivity index (χ2n) is 1.15. The maximum Gasteiger partial charge on any atom is 1.00 e. The van der Waals surface area contributed by atoms with Crippen LogP contribution in [-0.4, -0.2) is 28.2 Å². The van der Waals surface area contributed by atoms with Crippen molar-refractivity contribution in [1.82, 2.24) is 0 Å². The maximum absolute atomic E-state index is 9.63. The zero-order chi connectivity index (χ0) is 6.73. The molecular weight excluding hydrogens is 137 g/mol. The van der Waals surface area contributed by atoms with Crippen LogP contribution in [0.5, 0.6) is 0 Å². The van der Waals surface area contributed by atoms with E-state index in [-0.39, 0.29) is 31.0 Å². The Balaban J connectivity index is -0.000000245. The van der Waals surface area contributed by atoms with E-state index in [1.165, 1.54) is 0 Å². The Kier molecular flexibility index (Phi) is 6.16. The SMILES string of the molecule is NC(C(=O)O)C(=O)O.[H-].[Na+]. The molecule has 0 aliphatic carbocycles. The van der Waals surface area contributed by atoms with Crippen LogP contribution in [0.1, 0.15) is 1.43 Å². The molecule has 0 aliphatic heterocycles. The Morgan fingerprint density at radius 2 is 1.56 bits per heavy atom. The van der Waals surface area contributed by atoms with Gasteiger partial charge in [0.15, 0.2) is 0 Å². The van der Waals surface area contributed by atoms with E-state index in [1.807, 2.05) is 0 Å². The summed E-state index contributed by atoms with van der Waals surface area (Å²) in [6, 6.07) is -1.80. The molecule has 0 aliphatic rings. The van der Waals surface area contributed by atoms with Gasteiger partial charge in [-0.2, -0.15) is 0 Å². The van der Waals surface area contributed by atoms with Gasteiger partial charge >= 0.3 is 41.5 Å². The summed E-state index contributed by atoms with van der Waals surface area (Å²) in [4.78, 5) is 19.3. The van der Waals surface area contributed by atoms with Crippen LogP contribution in [0, 0.1) is 0 Å². The first kappa shape index (κ1) is 11.7. The van der Waals surface area contributed by atoms with Crippen molar-refractivity contribution in [2.45, 2.75) is 6.04 Å².